The summed E-state index contributed by atoms with van der Waals surface area (Å²) in [6.45, 7) is 2.87. The van der Waals surface area contributed by atoms with E-state index in [2.05, 4.69) is 19.1 Å². The molecule has 1 aliphatic heterocycles. The number of rotatable bonds is 25. The monoisotopic (exact) mass is 965 g/mol. The molecular weight excluding hydrogens is 875 g/mol. The highest BCUT2D eigenvalue weighted by molar-refractivity contribution is 7.47. The van der Waals surface area contributed by atoms with E-state index in [1.54, 1.807) is 0 Å². The molecule has 0 aromatic rings. The first-order valence-corrected chi connectivity index (χ1v) is 26.9. The number of phosphoric acid groups is 1. The first-order chi connectivity index (χ1) is 31.6. The minimum Gasteiger partial charge on any atom is -0.462 e. The van der Waals surface area contributed by atoms with Crippen molar-refractivity contribution in [1.82, 2.24) is 0 Å². The molecule has 386 valence electrons. The van der Waals surface area contributed by atoms with Gasteiger partial charge in [-0.25, -0.2) is 4.57 Å². The van der Waals surface area contributed by atoms with Crippen LogP contribution in [0.4, 0.5) is 0 Å². The second-order valence-electron chi connectivity index (χ2n) is 18.6. The fourth-order valence-electron chi connectivity index (χ4n) is 8.67. The van der Waals surface area contributed by atoms with E-state index in [1.807, 2.05) is 6.92 Å². The SMILES string of the molecule is CCCCCCCC/C=C\CCCCCCCCCC(=O)OC[C@@H]1COP(=O)(O)O[C@H]2[C@H](O)[C@@H](O)[C@H](O)[C@@H](CCCCCCC(=O)O1)[C@@H](O)C[C@@H](O)[C@H](/C=C/[C@@H](O)CCCCC)[C@@H](O)[C@H]2O. The molecule has 1 saturated heterocycles. The first kappa shape index (κ1) is 60.3. The maximum Gasteiger partial charge on any atom is 0.472 e. The van der Waals surface area contributed by atoms with E-state index in [0.29, 0.717) is 44.9 Å². The van der Waals surface area contributed by atoms with Crippen molar-refractivity contribution >= 4 is 19.8 Å². The number of hydrogen-bond donors (Lipinski definition) is 9. The molecule has 1 unspecified atom stereocenters. The van der Waals surface area contributed by atoms with Gasteiger partial charge in [0.05, 0.1) is 37.1 Å². The number of allylic oxidation sites excluding steroid dienone is 2. The van der Waals surface area contributed by atoms with Crippen LogP contribution in [0.25, 0.3) is 0 Å². The van der Waals surface area contributed by atoms with Crippen LogP contribution in [0.15, 0.2) is 24.3 Å². The molecule has 16 nitrogen and oxygen atoms in total. The number of aliphatic hydroxyl groups is 8. The Hall–Kier alpha value is -1.79. The van der Waals surface area contributed by atoms with Gasteiger partial charge in [-0.3, -0.25) is 18.6 Å². The van der Waals surface area contributed by atoms with Crippen molar-refractivity contribution in [3.63, 3.8) is 0 Å². The van der Waals surface area contributed by atoms with Gasteiger partial charge in [-0.15, -0.1) is 0 Å². The lowest BCUT2D eigenvalue weighted by Crippen LogP contribution is -2.55. The van der Waals surface area contributed by atoms with Crippen molar-refractivity contribution in [2.75, 3.05) is 13.2 Å². The number of esters is 2. The lowest BCUT2D eigenvalue weighted by Gasteiger charge is -2.37. The van der Waals surface area contributed by atoms with Crippen LogP contribution in [0.2, 0.25) is 0 Å². The van der Waals surface area contributed by atoms with Crippen molar-refractivity contribution in [3.8, 4) is 0 Å². The second-order valence-corrected chi connectivity index (χ2v) is 20.0. The average molecular weight is 965 g/mol. The Morgan fingerprint density at radius 2 is 1.30 bits per heavy atom. The van der Waals surface area contributed by atoms with Gasteiger partial charge in [0.25, 0.3) is 0 Å². The van der Waals surface area contributed by atoms with Gasteiger partial charge in [-0.05, 0) is 51.4 Å². The fourth-order valence-corrected chi connectivity index (χ4v) is 9.64. The summed E-state index contributed by atoms with van der Waals surface area (Å²) in [7, 11) is -5.43. The summed E-state index contributed by atoms with van der Waals surface area (Å²) in [6, 6.07) is 0. The molecule has 2 fully saturated rings. The minimum absolute atomic E-state index is 0.0478. The Morgan fingerprint density at radius 1 is 0.727 bits per heavy atom. The van der Waals surface area contributed by atoms with Crippen LogP contribution in [0, 0.1) is 11.8 Å². The molecule has 17 heteroatoms. The maximum absolute atomic E-state index is 13.5. The Labute approximate surface area is 394 Å². The molecule has 0 aromatic carbocycles. The molecular formula is C49H89O16P. The van der Waals surface area contributed by atoms with Crippen LogP contribution in [-0.4, -0.2) is 132 Å². The van der Waals surface area contributed by atoms with Crippen LogP contribution in [0.3, 0.4) is 0 Å². The zero-order valence-electron chi connectivity index (χ0n) is 40.1. The van der Waals surface area contributed by atoms with Crippen LogP contribution in [-0.2, 0) is 32.7 Å². The van der Waals surface area contributed by atoms with Crippen molar-refractivity contribution in [2.45, 2.75) is 248 Å². The van der Waals surface area contributed by atoms with Gasteiger partial charge in [-0.2, -0.15) is 0 Å². The van der Waals surface area contributed by atoms with Gasteiger partial charge in [-0.1, -0.05) is 141 Å². The van der Waals surface area contributed by atoms with Crippen molar-refractivity contribution in [3.05, 3.63) is 24.3 Å². The van der Waals surface area contributed by atoms with Gasteiger partial charge < -0.3 is 55.2 Å². The Kier molecular flexibility index (Phi) is 32.3. The van der Waals surface area contributed by atoms with E-state index in [1.165, 1.54) is 50.7 Å². The highest BCUT2D eigenvalue weighted by atomic mass is 31.2. The quantitative estimate of drug-likeness (QED) is 0.0198. The number of unbranched alkanes of at least 4 members (excludes halogenated alkanes) is 15. The van der Waals surface area contributed by atoms with Crippen molar-refractivity contribution in [1.29, 1.82) is 0 Å². The smallest absolute Gasteiger partial charge is 0.462 e. The van der Waals surface area contributed by atoms with E-state index in [0.717, 1.165) is 64.2 Å². The molecule has 0 radical (unpaired) electrons. The van der Waals surface area contributed by atoms with E-state index in [4.69, 9.17) is 18.5 Å². The van der Waals surface area contributed by atoms with Gasteiger partial charge in [0.15, 0.2) is 6.10 Å². The first-order valence-electron chi connectivity index (χ1n) is 25.4. The highest BCUT2D eigenvalue weighted by Crippen LogP contribution is 2.47. The molecule has 66 heavy (non-hydrogen) atoms. The average Bonchev–Trinajstić information content (AvgIpc) is 3.28. The van der Waals surface area contributed by atoms with Gasteiger partial charge in [0.1, 0.15) is 31.0 Å². The standard InChI is InChI=1S/C49H89O16P/c1-3-5-7-8-9-10-11-12-13-14-15-16-17-18-19-20-25-29-42(53)62-34-37-35-63-66(60,61)65-49-47(58)45(56)39(32-31-36(50)27-23-6-4-2)41(52)33-40(51)38(44(55)46(57)48(49)59)28-24-21-22-26-30-43(54)64-37/h12-13,31-32,36-41,44-52,55-59H,3-11,14-30,33-35H2,1-2H3,(H,60,61)/b13-12-,32-31+/t36-,37+,38-,39-,40-,41+,44+,45+,46-,47+,48+,49+/m0/s1. The summed E-state index contributed by atoms with van der Waals surface area (Å²) in [5, 5.41) is 90.1. The predicted molar refractivity (Wildman–Crippen MR) is 251 cm³/mol. The molecule has 9 N–H and O–H groups in total. The zero-order chi connectivity index (χ0) is 48.7. The summed E-state index contributed by atoms with van der Waals surface area (Å²) in [5.41, 5.74) is 0. The number of cyclic esters (lactones) is 1. The number of fused-ring (bicyclic) bond motifs is 4. The van der Waals surface area contributed by atoms with Crippen molar-refractivity contribution < 1.29 is 78.4 Å². The number of carbonyl (C=O) groups excluding carboxylic acids is 2. The molecule has 1 saturated carbocycles. The molecule has 0 aromatic heterocycles. The lowest BCUT2D eigenvalue weighted by molar-refractivity contribution is -0.167. The number of hydrogen-bond acceptors (Lipinski definition) is 15. The second kappa shape index (κ2) is 35.3. The van der Waals surface area contributed by atoms with Crippen LogP contribution >= 0.6 is 7.82 Å². The summed E-state index contributed by atoms with van der Waals surface area (Å²) in [5.74, 6) is -3.87. The van der Waals surface area contributed by atoms with E-state index < -0.39 is 112 Å². The highest BCUT2D eigenvalue weighted by Gasteiger charge is 2.49. The minimum atomic E-state index is -5.43. The number of ether oxygens (including phenoxy) is 2. The summed E-state index contributed by atoms with van der Waals surface area (Å²) in [6.07, 6.45) is 9.68. The molecule has 1 aliphatic carbocycles. The summed E-state index contributed by atoms with van der Waals surface area (Å²) >= 11 is 0. The van der Waals surface area contributed by atoms with Crippen LogP contribution < -0.4 is 0 Å². The van der Waals surface area contributed by atoms with Gasteiger partial charge in [0, 0.05) is 31.1 Å². The summed E-state index contributed by atoms with van der Waals surface area (Å²) < 4.78 is 34.8. The molecule has 1 heterocycles. The number of aliphatic hydroxyl groups excluding tert-OH is 8. The van der Waals surface area contributed by atoms with Gasteiger partial charge in [0.2, 0.25) is 0 Å². The largest absolute Gasteiger partial charge is 0.472 e. The molecule has 13 atom stereocenters. The predicted octanol–water partition coefficient (Wildman–Crippen LogP) is 6.78. The van der Waals surface area contributed by atoms with E-state index in [9.17, 15) is 59.9 Å². The molecule has 2 aliphatic rings. The van der Waals surface area contributed by atoms with Crippen LogP contribution in [0.5, 0.6) is 0 Å². The maximum atomic E-state index is 13.5. The molecule has 0 amide bonds. The van der Waals surface area contributed by atoms with Gasteiger partial charge >= 0.3 is 19.8 Å². The Bertz CT molecular complexity index is 1380. The number of carbonyl (C=O) groups is 2. The Balaban J connectivity index is 2.08. The third kappa shape index (κ3) is 25.2. The molecule has 2 bridgehead atoms. The zero-order valence-corrected chi connectivity index (χ0v) is 41.0. The van der Waals surface area contributed by atoms with Crippen LogP contribution in [0.1, 0.15) is 187 Å². The fraction of sp³-hybridized carbons (Fsp3) is 0.878. The topological polar surface area (TPSA) is 270 Å². The van der Waals surface area contributed by atoms with E-state index in [-0.39, 0.29) is 19.3 Å². The molecule has 0 spiro atoms. The molecule has 2 rings (SSSR count). The normalized spacial score (nSPS) is 31.9. The van der Waals surface area contributed by atoms with Crippen molar-refractivity contribution in [2.24, 2.45) is 11.8 Å². The third-order valence-corrected chi connectivity index (χ3v) is 13.8. The Morgan fingerprint density at radius 3 is 1.95 bits per heavy atom. The van der Waals surface area contributed by atoms with E-state index >= 15 is 0 Å². The summed E-state index contributed by atoms with van der Waals surface area (Å²) in [4.78, 5) is 36.5. The third-order valence-electron chi connectivity index (χ3n) is 12.9. The number of phosphoric ester groups is 1. The lowest BCUT2D eigenvalue weighted by atomic mass is 9.82.